The first kappa shape index (κ1) is 26.5. The zero-order valence-corrected chi connectivity index (χ0v) is 19.9. The first-order chi connectivity index (χ1) is 17.2. The average molecular weight is 509 g/mol. The zero-order valence-electron chi connectivity index (χ0n) is 19.9. The molecule has 0 spiro atoms. The number of hydrogen-bond acceptors (Lipinski definition) is 11. The lowest BCUT2D eigenvalue weighted by atomic mass is 9.80. The van der Waals surface area contributed by atoms with Crippen LogP contribution in [0.2, 0.25) is 0 Å². The fourth-order valence-electron chi connectivity index (χ4n) is 5.54. The Morgan fingerprint density at radius 2 is 1.69 bits per heavy atom. The van der Waals surface area contributed by atoms with Crippen LogP contribution in [-0.4, -0.2) is 94.1 Å². The molecule has 5 N–H and O–H groups in total. The van der Waals surface area contributed by atoms with Gasteiger partial charge < -0.3 is 44.5 Å². The van der Waals surface area contributed by atoms with E-state index in [2.05, 4.69) is 0 Å². The number of aliphatic hydroxyl groups excluding tert-OH is 5. The van der Waals surface area contributed by atoms with Crippen molar-refractivity contribution in [1.29, 1.82) is 0 Å². The standard InChI is InChI=1S/C25H32O11/c1-11-16-17(20(29)22(11)36-23(31)12-6-4-3-5-7-12)14(24(32)33-2)10-34-25(16)35-15-8-13(9-26)18(27)21(30)19(15)28/h3-7,10-11,13,15-22,25-30H,8-9H2,1-2H3. The van der Waals surface area contributed by atoms with Gasteiger partial charge in [-0.3, -0.25) is 0 Å². The molecule has 2 aliphatic carbocycles. The molecular weight excluding hydrogens is 476 g/mol. The van der Waals surface area contributed by atoms with Gasteiger partial charge in [-0.05, 0) is 18.6 Å². The van der Waals surface area contributed by atoms with E-state index in [1.165, 1.54) is 7.11 Å². The Balaban J connectivity index is 1.60. The van der Waals surface area contributed by atoms with Crippen LogP contribution in [0.5, 0.6) is 0 Å². The molecule has 1 aliphatic heterocycles. The Labute approximate surface area is 207 Å². The minimum Gasteiger partial charge on any atom is -0.472 e. The van der Waals surface area contributed by atoms with Crippen molar-refractivity contribution in [3.63, 3.8) is 0 Å². The van der Waals surface area contributed by atoms with Gasteiger partial charge in [-0.1, -0.05) is 25.1 Å². The maximum Gasteiger partial charge on any atom is 0.338 e. The Kier molecular flexibility index (Phi) is 7.98. The molecule has 11 atom stereocenters. The lowest BCUT2D eigenvalue weighted by Gasteiger charge is -2.43. The van der Waals surface area contributed by atoms with E-state index in [-0.39, 0.29) is 12.0 Å². The summed E-state index contributed by atoms with van der Waals surface area (Å²) < 4.78 is 22.3. The fourth-order valence-corrected chi connectivity index (χ4v) is 5.54. The number of methoxy groups -OCH3 is 1. The van der Waals surface area contributed by atoms with Crippen molar-refractivity contribution < 1.29 is 54.1 Å². The van der Waals surface area contributed by atoms with Gasteiger partial charge in [0, 0.05) is 30.3 Å². The van der Waals surface area contributed by atoms with Gasteiger partial charge in [0.15, 0.2) is 0 Å². The molecule has 11 heteroatoms. The lowest BCUT2D eigenvalue weighted by Crippen LogP contribution is -2.56. The molecule has 4 rings (SSSR count). The minimum atomic E-state index is -1.55. The normalized spacial score (nSPS) is 40.0. The van der Waals surface area contributed by atoms with E-state index in [1.807, 2.05) is 0 Å². The Bertz CT molecular complexity index is 964. The van der Waals surface area contributed by atoms with Crippen molar-refractivity contribution in [1.82, 2.24) is 0 Å². The highest BCUT2D eigenvalue weighted by atomic mass is 16.7. The third-order valence-corrected chi connectivity index (χ3v) is 7.56. The van der Waals surface area contributed by atoms with Crippen LogP contribution in [0.25, 0.3) is 0 Å². The first-order valence-corrected chi connectivity index (χ1v) is 11.9. The molecule has 0 aromatic heterocycles. The van der Waals surface area contributed by atoms with Crippen molar-refractivity contribution in [3.05, 3.63) is 47.7 Å². The van der Waals surface area contributed by atoms with Gasteiger partial charge in [-0.25, -0.2) is 9.59 Å². The summed E-state index contributed by atoms with van der Waals surface area (Å²) in [5.74, 6) is -4.22. The average Bonchev–Trinajstić information content (AvgIpc) is 3.14. The van der Waals surface area contributed by atoms with Crippen LogP contribution in [0.3, 0.4) is 0 Å². The van der Waals surface area contributed by atoms with Crippen LogP contribution < -0.4 is 0 Å². The monoisotopic (exact) mass is 508 g/mol. The van der Waals surface area contributed by atoms with E-state index in [1.54, 1.807) is 37.3 Å². The summed E-state index contributed by atoms with van der Waals surface area (Å²) in [4.78, 5) is 25.2. The van der Waals surface area contributed by atoms with Crippen LogP contribution in [0.15, 0.2) is 42.2 Å². The number of rotatable bonds is 6. The third kappa shape index (κ3) is 4.74. The molecule has 0 amide bonds. The highest BCUT2D eigenvalue weighted by Crippen LogP contribution is 2.49. The molecule has 0 saturated heterocycles. The quantitative estimate of drug-likeness (QED) is 0.309. The molecule has 36 heavy (non-hydrogen) atoms. The molecular formula is C25H32O11. The van der Waals surface area contributed by atoms with E-state index in [9.17, 15) is 35.1 Å². The molecule has 2 saturated carbocycles. The number of esters is 2. The van der Waals surface area contributed by atoms with Crippen molar-refractivity contribution >= 4 is 11.9 Å². The predicted molar refractivity (Wildman–Crippen MR) is 121 cm³/mol. The zero-order chi connectivity index (χ0) is 26.1. The molecule has 3 aliphatic rings. The summed E-state index contributed by atoms with van der Waals surface area (Å²) in [6.45, 7) is 1.30. The molecule has 0 bridgehead atoms. The predicted octanol–water partition coefficient (Wildman–Crippen LogP) is -0.652. The fraction of sp³-hybridized carbons (Fsp3) is 0.600. The molecule has 1 aromatic rings. The van der Waals surface area contributed by atoms with Gasteiger partial charge in [0.25, 0.3) is 0 Å². The van der Waals surface area contributed by atoms with Crippen LogP contribution >= 0.6 is 0 Å². The summed E-state index contributed by atoms with van der Waals surface area (Å²) >= 11 is 0. The largest absolute Gasteiger partial charge is 0.472 e. The second-order valence-electron chi connectivity index (χ2n) is 9.58. The van der Waals surface area contributed by atoms with Gasteiger partial charge in [0.2, 0.25) is 6.29 Å². The van der Waals surface area contributed by atoms with Gasteiger partial charge in [0.1, 0.15) is 18.3 Å². The SMILES string of the molecule is COC(=O)C1=COC(OC2CC(CO)C(O)C(O)C2O)C2C(C)C(OC(=O)c3ccccc3)C(O)C12. The van der Waals surface area contributed by atoms with Crippen molar-refractivity contribution in [3.8, 4) is 0 Å². The van der Waals surface area contributed by atoms with Crippen molar-refractivity contribution in [2.45, 2.75) is 56.3 Å². The van der Waals surface area contributed by atoms with Crippen LogP contribution in [0.1, 0.15) is 23.7 Å². The highest BCUT2D eigenvalue weighted by Gasteiger charge is 2.59. The van der Waals surface area contributed by atoms with E-state index < -0.39 is 85.1 Å². The number of aliphatic hydroxyl groups is 5. The second-order valence-corrected chi connectivity index (χ2v) is 9.58. The lowest BCUT2D eigenvalue weighted by molar-refractivity contribution is -0.248. The summed E-state index contributed by atoms with van der Waals surface area (Å²) in [6.07, 6.45) is -7.61. The van der Waals surface area contributed by atoms with E-state index in [0.717, 1.165) is 6.26 Å². The molecule has 1 aromatic carbocycles. The number of carbonyl (C=O) groups is 2. The second kappa shape index (κ2) is 10.8. The number of benzene rings is 1. The van der Waals surface area contributed by atoms with Gasteiger partial charge >= 0.3 is 11.9 Å². The van der Waals surface area contributed by atoms with Gasteiger partial charge in [0.05, 0.1) is 42.8 Å². The van der Waals surface area contributed by atoms with Gasteiger partial charge in [-0.2, -0.15) is 0 Å². The molecule has 198 valence electrons. The number of carbonyl (C=O) groups excluding carboxylic acids is 2. The smallest absolute Gasteiger partial charge is 0.338 e. The maximum absolute atomic E-state index is 12.7. The van der Waals surface area contributed by atoms with E-state index in [4.69, 9.17) is 18.9 Å². The molecule has 2 fully saturated rings. The highest BCUT2D eigenvalue weighted by molar-refractivity contribution is 5.90. The maximum atomic E-state index is 12.7. The number of ether oxygens (including phenoxy) is 4. The van der Waals surface area contributed by atoms with Crippen molar-refractivity contribution in [2.75, 3.05) is 13.7 Å². The minimum absolute atomic E-state index is 0.0318. The van der Waals surface area contributed by atoms with Crippen LogP contribution in [0, 0.1) is 23.7 Å². The van der Waals surface area contributed by atoms with Crippen LogP contribution in [-0.2, 0) is 23.7 Å². The van der Waals surface area contributed by atoms with Gasteiger partial charge in [-0.15, -0.1) is 0 Å². The molecule has 11 nitrogen and oxygen atoms in total. The van der Waals surface area contributed by atoms with E-state index in [0.29, 0.717) is 5.56 Å². The molecule has 11 unspecified atom stereocenters. The van der Waals surface area contributed by atoms with Crippen molar-refractivity contribution in [2.24, 2.45) is 23.7 Å². The summed E-state index contributed by atoms with van der Waals surface area (Å²) in [5.41, 5.74) is 0.348. The van der Waals surface area contributed by atoms with E-state index >= 15 is 0 Å². The Morgan fingerprint density at radius 1 is 1.00 bits per heavy atom. The summed E-state index contributed by atoms with van der Waals surface area (Å²) in [6, 6.07) is 8.28. The summed E-state index contributed by atoms with van der Waals surface area (Å²) in [7, 11) is 1.19. The first-order valence-electron chi connectivity index (χ1n) is 11.9. The molecule has 1 heterocycles. The number of hydrogen-bond donors (Lipinski definition) is 5. The molecule has 0 radical (unpaired) electrons. The number of fused-ring (bicyclic) bond motifs is 1. The summed E-state index contributed by atoms with van der Waals surface area (Å²) in [5, 5.41) is 51.6. The topological polar surface area (TPSA) is 172 Å². The Hall–Kier alpha value is -2.54. The Morgan fingerprint density at radius 3 is 2.33 bits per heavy atom. The van der Waals surface area contributed by atoms with Crippen LogP contribution in [0.4, 0.5) is 0 Å². The third-order valence-electron chi connectivity index (χ3n) is 7.56.